The van der Waals surface area contributed by atoms with Crippen molar-refractivity contribution in [3.05, 3.63) is 30.5 Å². The number of ether oxygens (including phenoxy) is 2. The van der Waals surface area contributed by atoms with Crippen molar-refractivity contribution in [3.63, 3.8) is 0 Å². The number of hydrogen-bond donors (Lipinski definition) is 2. The third-order valence-electron chi connectivity index (χ3n) is 5.45. The van der Waals surface area contributed by atoms with Gasteiger partial charge in [-0.25, -0.2) is 4.98 Å². The van der Waals surface area contributed by atoms with Crippen LogP contribution in [0.4, 0.5) is 5.95 Å². The maximum atomic E-state index is 9.56. The van der Waals surface area contributed by atoms with Gasteiger partial charge in [-0.1, -0.05) is 19.1 Å². The van der Waals surface area contributed by atoms with Crippen LogP contribution in [0.3, 0.4) is 0 Å². The van der Waals surface area contributed by atoms with Gasteiger partial charge in [0, 0.05) is 18.7 Å². The molecule has 144 valence electrons. The van der Waals surface area contributed by atoms with Gasteiger partial charge >= 0.3 is 0 Å². The first-order chi connectivity index (χ1) is 13.2. The second-order valence-corrected chi connectivity index (χ2v) is 7.66. The van der Waals surface area contributed by atoms with E-state index < -0.39 is 0 Å². The quantitative estimate of drug-likeness (QED) is 0.829. The topological polar surface area (TPSA) is 76.5 Å². The lowest BCUT2D eigenvalue weighted by molar-refractivity contribution is 0.138. The molecular weight excluding hydrogens is 342 g/mol. The molecule has 4 rings (SSSR count). The van der Waals surface area contributed by atoms with Crippen LogP contribution in [0.1, 0.15) is 39.0 Å². The lowest BCUT2D eigenvalue weighted by Gasteiger charge is -2.27. The van der Waals surface area contributed by atoms with Crippen LogP contribution in [0.5, 0.6) is 11.6 Å². The van der Waals surface area contributed by atoms with Crippen molar-refractivity contribution in [1.82, 2.24) is 9.97 Å². The van der Waals surface area contributed by atoms with E-state index in [4.69, 9.17) is 9.47 Å². The molecule has 0 spiro atoms. The molecule has 0 amide bonds. The Balaban J connectivity index is 1.57. The van der Waals surface area contributed by atoms with Gasteiger partial charge in [-0.3, -0.25) is 0 Å². The van der Waals surface area contributed by atoms with Crippen LogP contribution in [0.25, 0.3) is 11.1 Å². The maximum Gasteiger partial charge on any atom is 0.226 e. The Labute approximate surface area is 160 Å². The van der Waals surface area contributed by atoms with Crippen LogP contribution >= 0.6 is 0 Å². The Kier molecular flexibility index (Phi) is 5.43. The first-order valence-electron chi connectivity index (χ1n) is 9.85. The molecule has 1 aromatic carbocycles. The number of rotatable bonds is 5. The maximum absolute atomic E-state index is 9.56. The fraction of sp³-hybridized carbons (Fsp3) is 0.524. The molecule has 1 aliphatic carbocycles. The molecule has 1 unspecified atom stereocenters. The largest absolute Gasteiger partial charge is 0.508 e. The van der Waals surface area contributed by atoms with E-state index in [1.807, 2.05) is 12.1 Å². The zero-order valence-corrected chi connectivity index (χ0v) is 15.7. The second kappa shape index (κ2) is 8.13. The molecule has 1 aromatic heterocycles. The normalized spacial score (nSPS) is 25.3. The molecule has 2 aromatic rings. The Hall–Kier alpha value is -2.34. The third kappa shape index (κ3) is 4.50. The van der Waals surface area contributed by atoms with E-state index in [9.17, 15) is 5.11 Å². The Morgan fingerprint density at radius 1 is 1.11 bits per heavy atom. The van der Waals surface area contributed by atoms with Gasteiger partial charge in [-0.15, -0.1) is 0 Å². The predicted octanol–water partition coefficient (Wildman–Crippen LogP) is 4.01. The number of nitrogens with zero attached hydrogens (tertiary/aromatic N) is 2. The summed E-state index contributed by atoms with van der Waals surface area (Å²) < 4.78 is 11.6. The monoisotopic (exact) mass is 369 g/mol. The summed E-state index contributed by atoms with van der Waals surface area (Å²) in [6, 6.07) is 7.44. The standard InChI is InChI=1S/C21H27N3O3/c1-14-2-6-16(7-3-14)23-21-22-12-19(15-4-8-17(25)9-5-15)20(24-21)27-18-10-11-26-13-18/h4-5,8-9,12,14,16,18,25H,2-3,6-7,10-11,13H2,1H3,(H,22,23,24). The molecule has 1 saturated carbocycles. The smallest absolute Gasteiger partial charge is 0.226 e. The summed E-state index contributed by atoms with van der Waals surface area (Å²) in [6.45, 7) is 3.62. The minimum absolute atomic E-state index is 0.0131. The molecule has 0 bridgehead atoms. The van der Waals surface area contributed by atoms with Crippen LogP contribution in [-0.4, -0.2) is 40.4 Å². The van der Waals surface area contributed by atoms with Crippen molar-refractivity contribution in [3.8, 4) is 22.8 Å². The molecule has 1 aliphatic heterocycles. The van der Waals surface area contributed by atoms with E-state index in [0.717, 1.165) is 42.9 Å². The Morgan fingerprint density at radius 2 is 1.89 bits per heavy atom. The fourth-order valence-electron chi connectivity index (χ4n) is 3.72. The summed E-state index contributed by atoms with van der Waals surface area (Å²) in [6.07, 6.45) is 7.46. The van der Waals surface area contributed by atoms with Crippen LogP contribution < -0.4 is 10.1 Å². The molecule has 6 nitrogen and oxygen atoms in total. The molecular formula is C21H27N3O3. The predicted molar refractivity (Wildman–Crippen MR) is 104 cm³/mol. The summed E-state index contributed by atoms with van der Waals surface area (Å²) in [7, 11) is 0. The van der Waals surface area contributed by atoms with Crippen LogP contribution in [0.2, 0.25) is 0 Å². The summed E-state index contributed by atoms with van der Waals surface area (Å²) in [5.41, 5.74) is 1.74. The highest BCUT2D eigenvalue weighted by Gasteiger charge is 2.22. The molecule has 1 saturated heterocycles. The lowest BCUT2D eigenvalue weighted by Crippen LogP contribution is -2.26. The molecule has 2 fully saturated rings. The van der Waals surface area contributed by atoms with Crippen molar-refractivity contribution in [2.24, 2.45) is 5.92 Å². The third-order valence-corrected chi connectivity index (χ3v) is 5.45. The second-order valence-electron chi connectivity index (χ2n) is 7.66. The summed E-state index contributed by atoms with van der Waals surface area (Å²) in [5, 5.41) is 13.0. The molecule has 2 heterocycles. The van der Waals surface area contributed by atoms with Gasteiger partial charge in [0.1, 0.15) is 11.9 Å². The molecule has 1 atom stereocenters. The average molecular weight is 369 g/mol. The van der Waals surface area contributed by atoms with Crippen LogP contribution in [0, 0.1) is 5.92 Å². The molecule has 6 heteroatoms. The first-order valence-corrected chi connectivity index (χ1v) is 9.85. The van der Waals surface area contributed by atoms with E-state index in [1.54, 1.807) is 18.3 Å². The zero-order chi connectivity index (χ0) is 18.6. The van der Waals surface area contributed by atoms with E-state index >= 15 is 0 Å². The highest BCUT2D eigenvalue weighted by atomic mass is 16.5. The SMILES string of the molecule is CC1CCC(Nc2ncc(-c3ccc(O)cc3)c(OC3CCOC3)n2)CC1. The number of aromatic hydroxyl groups is 1. The van der Waals surface area contributed by atoms with Gasteiger partial charge in [0.2, 0.25) is 11.8 Å². The fourth-order valence-corrected chi connectivity index (χ4v) is 3.72. The number of aromatic nitrogens is 2. The van der Waals surface area contributed by atoms with Crippen LogP contribution in [0.15, 0.2) is 30.5 Å². The molecule has 2 aliphatic rings. The Bertz CT molecular complexity index is 752. The first kappa shape index (κ1) is 18.0. The van der Waals surface area contributed by atoms with Gasteiger partial charge in [-0.05, 0) is 49.3 Å². The lowest BCUT2D eigenvalue weighted by atomic mass is 9.87. The highest BCUT2D eigenvalue weighted by molar-refractivity contribution is 5.69. The van der Waals surface area contributed by atoms with Crippen molar-refractivity contribution >= 4 is 5.95 Å². The van der Waals surface area contributed by atoms with Crippen molar-refractivity contribution in [2.75, 3.05) is 18.5 Å². The Morgan fingerprint density at radius 3 is 2.59 bits per heavy atom. The number of benzene rings is 1. The summed E-state index contributed by atoms with van der Waals surface area (Å²) in [4.78, 5) is 9.22. The van der Waals surface area contributed by atoms with Gasteiger partial charge in [0.25, 0.3) is 0 Å². The van der Waals surface area contributed by atoms with Gasteiger partial charge in [0.05, 0.1) is 18.8 Å². The number of nitrogens with one attached hydrogen (secondary N) is 1. The van der Waals surface area contributed by atoms with E-state index in [2.05, 4.69) is 22.2 Å². The molecule has 0 radical (unpaired) electrons. The van der Waals surface area contributed by atoms with E-state index in [0.29, 0.717) is 24.5 Å². The number of hydrogen-bond acceptors (Lipinski definition) is 6. The summed E-state index contributed by atoms with van der Waals surface area (Å²) >= 11 is 0. The van der Waals surface area contributed by atoms with Crippen molar-refractivity contribution in [2.45, 2.75) is 51.2 Å². The number of phenols is 1. The molecule has 2 N–H and O–H groups in total. The molecule has 27 heavy (non-hydrogen) atoms. The zero-order valence-electron chi connectivity index (χ0n) is 15.7. The van der Waals surface area contributed by atoms with Gasteiger partial charge < -0.3 is 19.9 Å². The van der Waals surface area contributed by atoms with Crippen LogP contribution in [-0.2, 0) is 4.74 Å². The minimum Gasteiger partial charge on any atom is -0.508 e. The van der Waals surface area contributed by atoms with E-state index in [-0.39, 0.29) is 11.9 Å². The van der Waals surface area contributed by atoms with Crippen molar-refractivity contribution < 1.29 is 14.6 Å². The minimum atomic E-state index is 0.0131. The van der Waals surface area contributed by atoms with Gasteiger partial charge in [0.15, 0.2) is 0 Å². The average Bonchev–Trinajstić information content (AvgIpc) is 3.18. The van der Waals surface area contributed by atoms with Gasteiger partial charge in [-0.2, -0.15) is 4.98 Å². The van der Waals surface area contributed by atoms with E-state index in [1.165, 1.54) is 12.8 Å². The summed E-state index contributed by atoms with van der Waals surface area (Å²) in [5.74, 6) is 2.22. The number of anilines is 1. The van der Waals surface area contributed by atoms with Crippen molar-refractivity contribution in [1.29, 1.82) is 0 Å². The highest BCUT2D eigenvalue weighted by Crippen LogP contribution is 2.32. The number of phenolic OH excluding ortho intramolecular Hbond substituents is 1.